The summed E-state index contributed by atoms with van der Waals surface area (Å²) in [6.45, 7) is 0.755. The van der Waals surface area contributed by atoms with Crippen molar-refractivity contribution < 1.29 is 8.91 Å². The first kappa shape index (κ1) is 14.7. The topological polar surface area (TPSA) is 64.9 Å². The van der Waals surface area contributed by atoms with Gasteiger partial charge in [0, 0.05) is 11.5 Å². The van der Waals surface area contributed by atoms with Crippen LogP contribution in [0.15, 0.2) is 27.2 Å². The molecule has 112 valence electrons. The molecule has 1 aliphatic rings. The van der Waals surface area contributed by atoms with Gasteiger partial charge in [0.05, 0.1) is 4.47 Å². The fourth-order valence-electron chi connectivity index (χ4n) is 2.80. The Morgan fingerprint density at radius 1 is 1.29 bits per heavy atom. The van der Waals surface area contributed by atoms with Crippen molar-refractivity contribution in [2.75, 3.05) is 6.54 Å². The second kappa shape index (κ2) is 6.23. The Hall–Kier alpha value is -1.27. The molecule has 0 amide bonds. The summed E-state index contributed by atoms with van der Waals surface area (Å²) in [5.41, 5.74) is 6.45. The molecule has 0 radical (unpaired) electrons. The molecule has 0 aliphatic heterocycles. The number of aromatic nitrogens is 2. The molecule has 0 spiro atoms. The lowest BCUT2D eigenvalue weighted by Gasteiger charge is -2.24. The van der Waals surface area contributed by atoms with E-state index in [1.807, 2.05) is 0 Å². The van der Waals surface area contributed by atoms with Crippen LogP contribution in [0.2, 0.25) is 0 Å². The highest BCUT2D eigenvalue weighted by Gasteiger charge is 2.26. The van der Waals surface area contributed by atoms with Gasteiger partial charge in [-0.15, -0.1) is 0 Å². The maximum absolute atomic E-state index is 13.3. The number of nitrogens with zero attached hydrogens (tertiary/aromatic N) is 2. The normalized spacial score (nSPS) is 22.4. The van der Waals surface area contributed by atoms with E-state index in [2.05, 4.69) is 26.1 Å². The molecule has 0 atom stereocenters. The lowest BCUT2D eigenvalue weighted by atomic mass is 9.82. The highest BCUT2D eigenvalue weighted by Crippen LogP contribution is 2.35. The van der Waals surface area contributed by atoms with Crippen molar-refractivity contribution in [3.63, 3.8) is 0 Å². The van der Waals surface area contributed by atoms with Crippen LogP contribution in [0.4, 0.5) is 4.39 Å². The summed E-state index contributed by atoms with van der Waals surface area (Å²) >= 11 is 3.17. The van der Waals surface area contributed by atoms with Crippen LogP contribution >= 0.6 is 15.9 Å². The Bertz CT molecular complexity index is 623. The van der Waals surface area contributed by atoms with E-state index in [9.17, 15) is 4.39 Å². The summed E-state index contributed by atoms with van der Waals surface area (Å²) in [5, 5.41) is 4.02. The molecule has 1 aromatic heterocycles. The van der Waals surface area contributed by atoms with Gasteiger partial charge in [-0.3, -0.25) is 0 Å². The molecule has 1 fully saturated rings. The van der Waals surface area contributed by atoms with Gasteiger partial charge in [0.1, 0.15) is 5.82 Å². The van der Waals surface area contributed by atoms with E-state index in [0.717, 1.165) is 37.8 Å². The van der Waals surface area contributed by atoms with Crippen molar-refractivity contribution in [3.05, 3.63) is 34.4 Å². The second-order valence-electron chi connectivity index (χ2n) is 5.54. The molecule has 0 bridgehead atoms. The number of nitrogens with two attached hydrogens (primary N) is 1. The smallest absolute Gasteiger partial charge is 0.230 e. The van der Waals surface area contributed by atoms with Gasteiger partial charge in [-0.1, -0.05) is 5.16 Å². The third kappa shape index (κ3) is 3.16. The highest BCUT2D eigenvalue weighted by molar-refractivity contribution is 9.10. The summed E-state index contributed by atoms with van der Waals surface area (Å²) in [6.07, 6.45) is 4.30. The standard InChI is InChI=1S/C15H17BrFN3O/c16-12-7-11(5-6-13(12)17)14-19-15(21-20-14)10-3-1-9(8-18)2-4-10/h5-7,9-10H,1-4,8,18H2. The second-order valence-corrected chi connectivity index (χ2v) is 6.39. The predicted octanol–water partition coefficient (Wildman–Crippen LogP) is 3.87. The first-order valence-corrected chi connectivity index (χ1v) is 7.95. The van der Waals surface area contributed by atoms with Gasteiger partial charge < -0.3 is 10.3 Å². The van der Waals surface area contributed by atoms with Crippen LogP contribution in [-0.4, -0.2) is 16.7 Å². The molecule has 1 aliphatic carbocycles. The molecule has 21 heavy (non-hydrogen) atoms. The van der Waals surface area contributed by atoms with Crippen LogP contribution in [0.25, 0.3) is 11.4 Å². The Kier molecular flexibility index (Phi) is 4.35. The molecule has 2 N–H and O–H groups in total. The molecule has 1 heterocycles. The lowest BCUT2D eigenvalue weighted by Crippen LogP contribution is -2.20. The van der Waals surface area contributed by atoms with E-state index < -0.39 is 0 Å². The molecule has 4 nitrogen and oxygen atoms in total. The van der Waals surface area contributed by atoms with Crippen LogP contribution in [0.1, 0.15) is 37.5 Å². The monoisotopic (exact) mass is 353 g/mol. The largest absolute Gasteiger partial charge is 0.339 e. The summed E-state index contributed by atoms with van der Waals surface area (Å²) < 4.78 is 19.1. The van der Waals surface area contributed by atoms with Gasteiger partial charge in [0.25, 0.3) is 0 Å². The first-order valence-electron chi connectivity index (χ1n) is 7.16. The SMILES string of the molecule is NCC1CCC(c2nc(-c3ccc(F)c(Br)c3)no2)CC1. The molecular weight excluding hydrogens is 337 g/mol. The van der Waals surface area contributed by atoms with Gasteiger partial charge in [0.2, 0.25) is 11.7 Å². The van der Waals surface area contributed by atoms with Gasteiger partial charge in [-0.25, -0.2) is 4.39 Å². The van der Waals surface area contributed by atoms with Gasteiger partial charge in [-0.2, -0.15) is 4.98 Å². The minimum Gasteiger partial charge on any atom is -0.339 e. The maximum atomic E-state index is 13.3. The summed E-state index contributed by atoms with van der Waals surface area (Å²) in [4.78, 5) is 4.47. The van der Waals surface area contributed by atoms with Gasteiger partial charge in [-0.05, 0) is 72.3 Å². The summed E-state index contributed by atoms with van der Waals surface area (Å²) in [5.74, 6) is 1.82. The molecule has 0 unspecified atom stereocenters. The third-order valence-corrected chi connectivity index (χ3v) is 4.76. The van der Waals surface area contributed by atoms with Crippen molar-refractivity contribution in [2.45, 2.75) is 31.6 Å². The quantitative estimate of drug-likeness (QED) is 0.909. The van der Waals surface area contributed by atoms with Crippen LogP contribution in [-0.2, 0) is 0 Å². The maximum Gasteiger partial charge on any atom is 0.230 e. The molecule has 1 saturated carbocycles. The van der Waals surface area contributed by atoms with Crippen molar-refractivity contribution in [2.24, 2.45) is 11.7 Å². The molecule has 6 heteroatoms. The molecule has 0 saturated heterocycles. The van der Waals surface area contributed by atoms with E-state index in [0.29, 0.717) is 28.0 Å². The Morgan fingerprint density at radius 3 is 2.71 bits per heavy atom. The first-order chi connectivity index (χ1) is 10.2. The fourth-order valence-corrected chi connectivity index (χ4v) is 3.18. The van der Waals surface area contributed by atoms with Crippen molar-refractivity contribution in [3.8, 4) is 11.4 Å². The van der Waals surface area contributed by atoms with E-state index in [1.165, 1.54) is 6.07 Å². The summed E-state index contributed by atoms with van der Waals surface area (Å²) in [6, 6.07) is 4.71. The zero-order chi connectivity index (χ0) is 14.8. The Balaban J connectivity index is 1.76. The van der Waals surface area contributed by atoms with E-state index in [1.54, 1.807) is 12.1 Å². The number of hydrogen-bond donors (Lipinski definition) is 1. The van der Waals surface area contributed by atoms with Crippen molar-refractivity contribution in [1.82, 2.24) is 10.1 Å². The van der Waals surface area contributed by atoms with E-state index in [-0.39, 0.29) is 5.82 Å². The zero-order valence-electron chi connectivity index (χ0n) is 11.6. The van der Waals surface area contributed by atoms with Crippen LogP contribution in [0, 0.1) is 11.7 Å². The average Bonchev–Trinajstić information content (AvgIpc) is 3.00. The average molecular weight is 354 g/mol. The number of benzene rings is 1. The fraction of sp³-hybridized carbons (Fsp3) is 0.467. The van der Waals surface area contributed by atoms with Crippen LogP contribution in [0.3, 0.4) is 0 Å². The molecule has 1 aromatic carbocycles. The van der Waals surface area contributed by atoms with E-state index >= 15 is 0 Å². The summed E-state index contributed by atoms with van der Waals surface area (Å²) in [7, 11) is 0. The van der Waals surface area contributed by atoms with Crippen molar-refractivity contribution in [1.29, 1.82) is 0 Å². The number of hydrogen-bond acceptors (Lipinski definition) is 4. The lowest BCUT2D eigenvalue weighted by molar-refractivity contribution is 0.275. The van der Waals surface area contributed by atoms with Crippen molar-refractivity contribution >= 4 is 15.9 Å². The Labute approximate surface area is 131 Å². The number of rotatable bonds is 3. The highest BCUT2D eigenvalue weighted by atomic mass is 79.9. The van der Waals surface area contributed by atoms with Gasteiger partial charge >= 0.3 is 0 Å². The van der Waals surface area contributed by atoms with Crippen LogP contribution in [0.5, 0.6) is 0 Å². The third-order valence-electron chi connectivity index (χ3n) is 4.15. The molecule has 2 aromatic rings. The van der Waals surface area contributed by atoms with Crippen LogP contribution < -0.4 is 5.73 Å². The molecule has 3 rings (SSSR count). The number of halogens is 2. The minimum absolute atomic E-state index is 0.303. The predicted molar refractivity (Wildman–Crippen MR) is 81.1 cm³/mol. The minimum atomic E-state index is -0.303. The van der Waals surface area contributed by atoms with E-state index in [4.69, 9.17) is 10.3 Å². The molecular formula is C15H17BrFN3O. The zero-order valence-corrected chi connectivity index (χ0v) is 13.1. The Morgan fingerprint density at radius 2 is 2.05 bits per heavy atom. The van der Waals surface area contributed by atoms with Gasteiger partial charge in [0.15, 0.2) is 0 Å².